The Labute approximate surface area is 226 Å². The number of hydrogen-bond donors (Lipinski definition) is 1. The Morgan fingerprint density at radius 2 is 1.28 bits per heavy atom. The number of aromatic nitrogens is 2. The van der Waals surface area contributed by atoms with E-state index >= 15 is 0 Å². The van der Waals surface area contributed by atoms with Gasteiger partial charge in [0, 0.05) is 16.8 Å². The van der Waals surface area contributed by atoms with Crippen LogP contribution in [0.3, 0.4) is 0 Å². The van der Waals surface area contributed by atoms with Crippen molar-refractivity contribution in [1.82, 2.24) is 9.97 Å². The van der Waals surface area contributed by atoms with E-state index in [9.17, 15) is 9.59 Å². The van der Waals surface area contributed by atoms with Gasteiger partial charge < -0.3 is 14.8 Å². The number of nitrogens with zero attached hydrogens (tertiary/aromatic N) is 2. The summed E-state index contributed by atoms with van der Waals surface area (Å²) < 4.78 is 10.4. The lowest BCUT2D eigenvalue weighted by Crippen LogP contribution is -2.20. The molecule has 5 aromatic rings. The van der Waals surface area contributed by atoms with E-state index in [1.165, 1.54) is 0 Å². The Bertz CT molecular complexity index is 1650. The largest absolute Gasteiger partial charge is 0.497 e. The first-order valence-corrected chi connectivity index (χ1v) is 12.5. The van der Waals surface area contributed by atoms with Crippen molar-refractivity contribution in [2.45, 2.75) is 13.8 Å². The lowest BCUT2D eigenvalue weighted by Gasteiger charge is -2.12. The molecule has 1 heterocycles. The van der Waals surface area contributed by atoms with E-state index in [-0.39, 0.29) is 5.56 Å². The van der Waals surface area contributed by atoms with Crippen molar-refractivity contribution >= 4 is 28.6 Å². The number of methoxy groups -OCH3 is 1. The number of carbonyl (C=O) groups excluding carboxylic acids is 2. The Morgan fingerprint density at radius 3 is 1.85 bits per heavy atom. The number of aryl methyl sites for hydroxylation is 2. The molecule has 0 fully saturated rings. The number of carbonyl (C=O) groups is 2. The number of esters is 1. The highest BCUT2D eigenvalue weighted by Gasteiger charge is 2.16. The van der Waals surface area contributed by atoms with Gasteiger partial charge in [0.15, 0.2) is 6.61 Å². The maximum atomic E-state index is 12.8. The minimum atomic E-state index is -0.622. The van der Waals surface area contributed by atoms with Gasteiger partial charge in [-0.15, -0.1) is 0 Å². The number of benzene rings is 4. The monoisotopic (exact) mass is 517 g/mol. The number of fused-ring (bicyclic) bond motifs is 1. The van der Waals surface area contributed by atoms with Crippen LogP contribution in [0.4, 0.5) is 5.69 Å². The predicted molar refractivity (Wildman–Crippen MR) is 152 cm³/mol. The maximum Gasteiger partial charge on any atom is 0.338 e. The fourth-order valence-electron chi connectivity index (χ4n) is 4.09. The van der Waals surface area contributed by atoms with Gasteiger partial charge in [-0.05, 0) is 56.3 Å². The number of rotatable bonds is 7. The molecule has 0 bridgehead atoms. The summed E-state index contributed by atoms with van der Waals surface area (Å²) in [6, 6.07) is 28.1. The Hall–Kier alpha value is -5.04. The number of amides is 1. The van der Waals surface area contributed by atoms with Crippen LogP contribution < -0.4 is 10.1 Å². The lowest BCUT2D eigenvalue weighted by molar-refractivity contribution is -0.119. The molecule has 4 aromatic carbocycles. The van der Waals surface area contributed by atoms with Crippen LogP contribution in [0.25, 0.3) is 33.5 Å². The van der Waals surface area contributed by atoms with Crippen molar-refractivity contribution in [3.8, 4) is 28.3 Å². The van der Waals surface area contributed by atoms with Gasteiger partial charge in [0.25, 0.3) is 5.91 Å². The van der Waals surface area contributed by atoms with Crippen molar-refractivity contribution in [1.29, 1.82) is 0 Å². The molecule has 0 aliphatic carbocycles. The van der Waals surface area contributed by atoms with E-state index in [1.54, 1.807) is 49.6 Å². The van der Waals surface area contributed by atoms with Gasteiger partial charge in [0.05, 0.1) is 35.1 Å². The van der Waals surface area contributed by atoms with E-state index in [0.717, 1.165) is 33.6 Å². The number of anilines is 1. The zero-order chi connectivity index (χ0) is 27.4. The van der Waals surface area contributed by atoms with E-state index < -0.39 is 18.5 Å². The van der Waals surface area contributed by atoms with Crippen molar-refractivity contribution < 1.29 is 19.1 Å². The van der Waals surface area contributed by atoms with Gasteiger partial charge >= 0.3 is 5.97 Å². The van der Waals surface area contributed by atoms with Gasteiger partial charge in [-0.1, -0.05) is 59.7 Å². The number of ether oxygens (including phenoxy) is 2. The molecule has 0 saturated heterocycles. The Morgan fingerprint density at radius 1 is 0.718 bits per heavy atom. The van der Waals surface area contributed by atoms with Crippen LogP contribution in [0.5, 0.6) is 5.75 Å². The van der Waals surface area contributed by atoms with E-state index in [0.29, 0.717) is 22.5 Å². The summed E-state index contributed by atoms with van der Waals surface area (Å²) >= 11 is 0. The molecule has 0 radical (unpaired) electrons. The molecule has 0 saturated carbocycles. The van der Waals surface area contributed by atoms with Crippen molar-refractivity contribution in [2.75, 3.05) is 19.0 Å². The third-order valence-corrected chi connectivity index (χ3v) is 6.26. The summed E-state index contributed by atoms with van der Waals surface area (Å²) in [5, 5.41) is 2.69. The molecule has 1 N–H and O–H groups in total. The maximum absolute atomic E-state index is 12.8. The quantitative estimate of drug-likeness (QED) is 0.252. The third kappa shape index (κ3) is 5.93. The molecule has 0 spiro atoms. The molecular formula is C32H27N3O4. The molecule has 39 heavy (non-hydrogen) atoms. The summed E-state index contributed by atoms with van der Waals surface area (Å²) in [4.78, 5) is 34.9. The second-order valence-electron chi connectivity index (χ2n) is 9.21. The van der Waals surface area contributed by atoms with E-state index in [2.05, 4.69) is 5.32 Å². The van der Waals surface area contributed by atoms with Crippen LogP contribution in [0, 0.1) is 13.8 Å². The fraction of sp³-hybridized carbons (Fsp3) is 0.125. The van der Waals surface area contributed by atoms with Gasteiger partial charge in [0.1, 0.15) is 5.75 Å². The summed E-state index contributed by atoms with van der Waals surface area (Å²) in [6.07, 6.45) is 0. The molecule has 194 valence electrons. The molecule has 7 nitrogen and oxygen atoms in total. The minimum Gasteiger partial charge on any atom is -0.497 e. The average Bonchev–Trinajstić information content (AvgIpc) is 2.96. The normalized spacial score (nSPS) is 10.7. The average molecular weight is 518 g/mol. The van der Waals surface area contributed by atoms with Crippen LogP contribution >= 0.6 is 0 Å². The van der Waals surface area contributed by atoms with Crippen LogP contribution in [0.1, 0.15) is 21.5 Å². The van der Waals surface area contributed by atoms with Crippen LogP contribution in [0.2, 0.25) is 0 Å². The van der Waals surface area contributed by atoms with Gasteiger partial charge in [0.2, 0.25) is 0 Å². The number of nitrogens with one attached hydrogen (secondary N) is 1. The van der Waals surface area contributed by atoms with E-state index in [4.69, 9.17) is 19.4 Å². The predicted octanol–water partition coefficient (Wildman–Crippen LogP) is 6.38. The zero-order valence-corrected chi connectivity index (χ0v) is 21.9. The van der Waals surface area contributed by atoms with Crippen molar-refractivity contribution in [3.63, 3.8) is 0 Å². The summed E-state index contributed by atoms with van der Waals surface area (Å²) in [6.45, 7) is 3.65. The van der Waals surface area contributed by atoms with Crippen molar-refractivity contribution in [2.24, 2.45) is 0 Å². The minimum absolute atomic E-state index is 0.284. The fourth-order valence-corrected chi connectivity index (χ4v) is 4.09. The van der Waals surface area contributed by atoms with Gasteiger partial charge in [-0.3, -0.25) is 4.79 Å². The van der Waals surface area contributed by atoms with Crippen LogP contribution in [0.15, 0.2) is 91.0 Å². The Balaban J connectivity index is 1.39. The summed E-state index contributed by atoms with van der Waals surface area (Å²) in [5.74, 6) is -0.392. The molecular weight excluding hydrogens is 490 g/mol. The third-order valence-electron chi connectivity index (χ3n) is 6.26. The molecule has 7 heteroatoms. The van der Waals surface area contributed by atoms with Crippen LogP contribution in [-0.4, -0.2) is 35.6 Å². The zero-order valence-electron chi connectivity index (χ0n) is 21.9. The molecule has 1 amide bonds. The second-order valence-corrected chi connectivity index (χ2v) is 9.21. The molecule has 0 unspecified atom stereocenters. The summed E-state index contributed by atoms with van der Waals surface area (Å²) in [5.41, 5.74) is 7.72. The Kier molecular flexibility index (Phi) is 7.32. The van der Waals surface area contributed by atoms with Crippen LogP contribution in [-0.2, 0) is 9.53 Å². The van der Waals surface area contributed by atoms with Gasteiger partial charge in [-0.2, -0.15) is 0 Å². The van der Waals surface area contributed by atoms with Crippen molar-refractivity contribution in [3.05, 3.63) is 108 Å². The highest BCUT2D eigenvalue weighted by atomic mass is 16.5. The summed E-state index contributed by atoms with van der Waals surface area (Å²) in [7, 11) is 1.57. The SMILES string of the molecule is COc1ccc(NC(=O)COC(=O)c2ccc3nc(-c4ccc(C)cc4)c(-c4ccc(C)cc4)nc3c2)cc1. The first-order chi connectivity index (χ1) is 18.9. The molecule has 0 atom stereocenters. The lowest BCUT2D eigenvalue weighted by atomic mass is 10.0. The topological polar surface area (TPSA) is 90.4 Å². The number of hydrogen-bond acceptors (Lipinski definition) is 6. The first kappa shape index (κ1) is 25.6. The molecule has 0 aliphatic heterocycles. The molecule has 1 aromatic heterocycles. The highest BCUT2D eigenvalue weighted by molar-refractivity contribution is 5.97. The standard InChI is InChI=1S/C32H27N3O4/c1-20-4-8-22(9-5-20)30-31(23-10-6-21(2)7-11-23)35-28-18-24(12-17-27(28)34-30)32(37)39-19-29(36)33-25-13-15-26(38-3)16-14-25/h4-18H,19H2,1-3H3,(H,33,36). The molecule has 0 aliphatic rings. The first-order valence-electron chi connectivity index (χ1n) is 12.5. The highest BCUT2D eigenvalue weighted by Crippen LogP contribution is 2.31. The van der Waals surface area contributed by atoms with E-state index in [1.807, 2.05) is 62.4 Å². The molecule has 5 rings (SSSR count). The van der Waals surface area contributed by atoms with Gasteiger partial charge in [-0.25, -0.2) is 14.8 Å². The second kappa shape index (κ2) is 11.1. The smallest absolute Gasteiger partial charge is 0.338 e.